The molecule has 4 rings (SSSR count). The molecule has 0 aromatic heterocycles. The molecule has 4 heteroatoms. The van der Waals surface area contributed by atoms with Crippen LogP contribution < -0.4 is 0 Å². The van der Waals surface area contributed by atoms with E-state index >= 15 is 0 Å². The van der Waals surface area contributed by atoms with Crippen LogP contribution in [0.2, 0.25) is 0 Å². The molecule has 0 heterocycles. The molecule has 0 aromatic carbocycles. The first-order chi connectivity index (χ1) is 12.2. The summed E-state index contributed by atoms with van der Waals surface area (Å²) in [6.45, 7) is 6.63. The number of fused-ring (bicyclic) bond motifs is 5. The minimum atomic E-state index is -0.345. The Morgan fingerprint density at radius 3 is 2.46 bits per heavy atom. The summed E-state index contributed by atoms with van der Waals surface area (Å²) in [5, 5.41) is 21.2. The summed E-state index contributed by atoms with van der Waals surface area (Å²) in [5.41, 5.74) is 0.0823. The molecule has 0 saturated heterocycles. The first kappa shape index (κ1) is 19.2. The molecule has 4 aliphatic rings. The molecule has 0 amide bonds. The molecule has 4 saturated carbocycles. The number of hydrogen-bond donors (Lipinski definition) is 2. The SMILES string of the molecule is C[C@H](C(=O)Cl)[C@H]1CC[C@H]2[C@@H]3CC[C@@H]4C[C@H](O)CC[C@]4(C)[C@H]3C[C@H](O)[C@]12C. The van der Waals surface area contributed by atoms with E-state index in [1.165, 1.54) is 12.8 Å². The maximum Gasteiger partial charge on any atom is 0.224 e. The van der Waals surface area contributed by atoms with Crippen molar-refractivity contribution in [1.29, 1.82) is 0 Å². The van der Waals surface area contributed by atoms with Crippen molar-refractivity contribution < 1.29 is 15.0 Å². The van der Waals surface area contributed by atoms with E-state index < -0.39 is 0 Å². The van der Waals surface area contributed by atoms with E-state index in [1.54, 1.807) is 0 Å². The fourth-order valence-corrected chi connectivity index (χ4v) is 8.36. The van der Waals surface area contributed by atoms with Crippen molar-refractivity contribution in [3.63, 3.8) is 0 Å². The minimum Gasteiger partial charge on any atom is -0.393 e. The van der Waals surface area contributed by atoms with Crippen molar-refractivity contribution in [2.45, 2.75) is 84.3 Å². The topological polar surface area (TPSA) is 57.5 Å². The van der Waals surface area contributed by atoms with Crippen molar-refractivity contribution in [1.82, 2.24) is 0 Å². The van der Waals surface area contributed by atoms with Gasteiger partial charge in [0.15, 0.2) is 0 Å². The fourth-order valence-electron chi connectivity index (χ4n) is 8.21. The van der Waals surface area contributed by atoms with Gasteiger partial charge in [0.25, 0.3) is 0 Å². The van der Waals surface area contributed by atoms with Gasteiger partial charge < -0.3 is 10.2 Å². The van der Waals surface area contributed by atoms with Crippen molar-refractivity contribution in [3.8, 4) is 0 Å². The van der Waals surface area contributed by atoms with Gasteiger partial charge in [0.05, 0.1) is 12.2 Å². The van der Waals surface area contributed by atoms with Crippen LogP contribution in [0, 0.1) is 46.3 Å². The Hall–Kier alpha value is -0.120. The molecule has 4 aliphatic carbocycles. The van der Waals surface area contributed by atoms with Crippen LogP contribution in [0.1, 0.15) is 72.1 Å². The number of hydrogen-bond acceptors (Lipinski definition) is 3. The highest BCUT2D eigenvalue weighted by Gasteiger charge is 2.64. The van der Waals surface area contributed by atoms with Crippen LogP contribution in [0.3, 0.4) is 0 Å². The second kappa shape index (κ2) is 6.46. The normalized spacial score (nSPS) is 54.8. The van der Waals surface area contributed by atoms with Gasteiger partial charge in [-0.3, -0.25) is 4.79 Å². The van der Waals surface area contributed by atoms with Gasteiger partial charge in [-0.05, 0) is 98.0 Å². The third kappa shape index (κ3) is 2.56. The zero-order valence-electron chi connectivity index (χ0n) is 16.5. The molecule has 4 fully saturated rings. The van der Waals surface area contributed by atoms with Gasteiger partial charge in [-0.25, -0.2) is 0 Å². The van der Waals surface area contributed by atoms with Gasteiger partial charge in [-0.2, -0.15) is 0 Å². The molecule has 148 valence electrons. The summed E-state index contributed by atoms with van der Waals surface area (Å²) in [4.78, 5) is 11.9. The van der Waals surface area contributed by atoms with Crippen molar-refractivity contribution in [2.24, 2.45) is 46.3 Å². The zero-order chi connectivity index (χ0) is 18.9. The number of rotatable bonds is 2. The van der Waals surface area contributed by atoms with Gasteiger partial charge in [0, 0.05) is 11.3 Å². The van der Waals surface area contributed by atoms with Gasteiger partial charge in [0.2, 0.25) is 5.24 Å². The van der Waals surface area contributed by atoms with E-state index in [2.05, 4.69) is 13.8 Å². The zero-order valence-corrected chi connectivity index (χ0v) is 17.2. The third-order valence-corrected chi connectivity index (χ3v) is 10.1. The van der Waals surface area contributed by atoms with Crippen LogP contribution in [0.15, 0.2) is 0 Å². The quantitative estimate of drug-likeness (QED) is 0.697. The van der Waals surface area contributed by atoms with E-state index in [-0.39, 0.29) is 40.1 Å². The van der Waals surface area contributed by atoms with E-state index in [9.17, 15) is 15.0 Å². The average molecular weight is 383 g/mol. The molecule has 0 bridgehead atoms. The van der Waals surface area contributed by atoms with Gasteiger partial charge >= 0.3 is 0 Å². The Morgan fingerprint density at radius 2 is 1.77 bits per heavy atom. The van der Waals surface area contributed by atoms with Gasteiger partial charge in [-0.1, -0.05) is 20.8 Å². The number of aliphatic hydroxyl groups excluding tert-OH is 2. The van der Waals surface area contributed by atoms with Gasteiger partial charge in [-0.15, -0.1) is 0 Å². The van der Waals surface area contributed by atoms with E-state index in [0.29, 0.717) is 23.7 Å². The number of aliphatic hydroxyl groups is 2. The summed E-state index contributed by atoms with van der Waals surface area (Å²) < 4.78 is 0. The Balaban J connectivity index is 1.64. The molecule has 0 radical (unpaired) electrons. The monoisotopic (exact) mass is 382 g/mol. The van der Waals surface area contributed by atoms with Crippen LogP contribution in [0.25, 0.3) is 0 Å². The summed E-state index contributed by atoms with van der Waals surface area (Å²) >= 11 is 5.87. The summed E-state index contributed by atoms with van der Waals surface area (Å²) in [6.07, 6.45) is 7.91. The molecular weight excluding hydrogens is 348 g/mol. The highest BCUT2D eigenvalue weighted by molar-refractivity contribution is 6.63. The molecule has 0 spiro atoms. The van der Waals surface area contributed by atoms with Crippen molar-refractivity contribution >= 4 is 16.8 Å². The smallest absolute Gasteiger partial charge is 0.224 e. The van der Waals surface area contributed by atoms with Crippen molar-refractivity contribution in [2.75, 3.05) is 0 Å². The van der Waals surface area contributed by atoms with E-state index in [4.69, 9.17) is 11.6 Å². The first-order valence-electron chi connectivity index (χ1n) is 10.7. The largest absolute Gasteiger partial charge is 0.393 e. The second-order valence-electron chi connectivity index (χ2n) is 10.5. The standard InChI is InChI=1S/C22H35ClO3/c1-12(20(23)26)16-6-7-17-15-5-4-13-10-14(24)8-9-21(13,2)18(15)11-19(25)22(16,17)3/h12-19,24-25H,4-11H2,1-3H3/t12-,13+,14+,15-,16+,17-,18-,19-,21-,22+/m0/s1. The van der Waals surface area contributed by atoms with Crippen molar-refractivity contribution in [3.05, 3.63) is 0 Å². The molecule has 26 heavy (non-hydrogen) atoms. The number of carbonyl (C=O) groups is 1. The van der Waals surface area contributed by atoms with E-state index in [0.717, 1.165) is 38.5 Å². The molecule has 10 atom stereocenters. The lowest BCUT2D eigenvalue weighted by atomic mass is 9.43. The molecule has 2 N–H and O–H groups in total. The second-order valence-corrected chi connectivity index (χ2v) is 10.9. The van der Waals surface area contributed by atoms with E-state index in [1.807, 2.05) is 6.92 Å². The Bertz CT molecular complexity index is 580. The highest BCUT2D eigenvalue weighted by Crippen LogP contribution is 2.68. The van der Waals surface area contributed by atoms with Crippen LogP contribution in [-0.4, -0.2) is 27.7 Å². The lowest BCUT2D eigenvalue weighted by molar-refractivity contribution is -0.175. The summed E-state index contributed by atoms with van der Waals surface area (Å²) in [7, 11) is 0. The third-order valence-electron chi connectivity index (χ3n) is 9.78. The van der Waals surface area contributed by atoms with Crippen LogP contribution in [-0.2, 0) is 4.79 Å². The average Bonchev–Trinajstić information content (AvgIpc) is 2.94. The van der Waals surface area contributed by atoms with Gasteiger partial charge in [0.1, 0.15) is 0 Å². The predicted molar refractivity (Wildman–Crippen MR) is 103 cm³/mol. The molecular formula is C22H35ClO3. The lowest BCUT2D eigenvalue weighted by Crippen LogP contribution is -2.59. The predicted octanol–water partition coefficient (Wildman–Crippen LogP) is 4.38. The summed E-state index contributed by atoms with van der Waals surface area (Å²) in [5.74, 6) is 2.35. The molecule has 3 nitrogen and oxygen atoms in total. The van der Waals surface area contributed by atoms with Crippen LogP contribution in [0.4, 0.5) is 0 Å². The first-order valence-corrected chi connectivity index (χ1v) is 11.1. The molecule has 0 aromatic rings. The number of halogens is 1. The highest BCUT2D eigenvalue weighted by atomic mass is 35.5. The Kier molecular flexibility index (Phi) is 4.77. The number of carbonyl (C=O) groups excluding carboxylic acids is 1. The van der Waals surface area contributed by atoms with Crippen LogP contribution >= 0.6 is 11.6 Å². The maximum absolute atomic E-state index is 11.9. The van der Waals surface area contributed by atoms with Crippen LogP contribution in [0.5, 0.6) is 0 Å². The molecule has 0 unspecified atom stereocenters. The molecule has 0 aliphatic heterocycles. The minimum absolute atomic E-state index is 0.130. The summed E-state index contributed by atoms with van der Waals surface area (Å²) in [6, 6.07) is 0. The Labute approximate surface area is 162 Å². The lowest BCUT2D eigenvalue weighted by Gasteiger charge is -2.62. The fraction of sp³-hybridized carbons (Fsp3) is 0.955. The maximum atomic E-state index is 11.9. The Morgan fingerprint density at radius 1 is 1.04 bits per heavy atom.